The van der Waals surface area contributed by atoms with Crippen LogP contribution < -0.4 is 14.8 Å². The summed E-state index contributed by atoms with van der Waals surface area (Å²) in [4.78, 5) is 12.4. The highest BCUT2D eigenvalue weighted by Crippen LogP contribution is 2.20. The second kappa shape index (κ2) is 10.6. The van der Waals surface area contributed by atoms with Gasteiger partial charge in [0, 0.05) is 15.7 Å². The average molecular weight is 488 g/mol. The van der Waals surface area contributed by atoms with E-state index >= 15 is 0 Å². The molecule has 4 aromatic rings. The third-order valence-corrected chi connectivity index (χ3v) is 5.24. The lowest BCUT2D eigenvalue weighted by Crippen LogP contribution is -2.11. The van der Waals surface area contributed by atoms with Gasteiger partial charge in [-0.1, -0.05) is 64.5 Å². The van der Waals surface area contributed by atoms with Crippen molar-refractivity contribution in [1.82, 2.24) is 0 Å². The monoisotopic (exact) mass is 487 g/mol. The molecule has 0 atom stereocenters. The van der Waals surface area contributed by atoms with Gasteiger partial charge in [-0.25, -0.2) is 0 Å². The summed E-state index contributed by atoms with van der Waals surface area (Å²) in [5.74, 6) is 1.33. The molecule has 1 amide bonds. The van der Waals surface area contributed by atoms with Gasteiger partial charge in [0.05, 0.1) is 0 Å². The molecule has 0 aliphatic rings. The summed E-state index contributed by atoms with van der Waals surface area (Å²) >= 11 is 3.40. The number of carbonyl (C=O) groups is 1. The van der Waals surface area contributed by atoms with Crippen LogP contribution in [0.5, 0.6) is 11.5 Å². The topological polar surface area (TPSA) is 47.6 Å². The molecule has 0 radical (unpaired) electrons. The number of ether oxygens (including phenoxy) is 2. The van der Waals surface area contributed by atoms with Crippen molar-refractivity contribution in [2.24, 2.45) is 0 Å². The summed E-state index contributed by atoms with van der Waals surface area (Å²) in [6.07, 6.45) is 0. The van der Waals surface area contributed by atoms with Crippen molar-refractivity contribution in [2.45, 2.75) is 13.2 Å². The first-order valence-electron chi connectivity index (χ1n) is 10.2. The molecule has 0 heterocycles. The van der Waals surface area contributed by atoms with Gasteiger partial charge in [-0.2, -0.15) is 0 Å². The fourth-order valence-corrected chi connectivity index (χ4v) is 3.50. The zero-order valence-corrected chi connectivity index (χ0v) is 18.9. The van der Waals surface area contributed by atoms with Crippen molar-refractivity contribution >= 4 is 27.5 Å². The molecule has 4 nitrogen and oxygen atoms in total. The Morgan fingerprint density at radius 2 is 1.38 bits per heavy atom. The van der Waals surface area contributed by atoms with Crippen LogP contribution in [0.1, 0.15) is 21.5 Å². The third-order valence-electron chi connectivity index (χ3n) is 4.75. The molecule has 5 heteroatoms. The Labute approximate surface area is 196 Å². The standard InChI is InChI=1S/C27H22BrNO3/c28-23-9-5-10-24(17-23)29-27(30)22-12-14-25(15-13-22)31-19-21-8-4-11-26(16-21)32-18-20-6-2-1-3-7-20/h1-17H,18-19H2,(H,29,30). The molecule has 160 valence electrons. The van der Waals surface area contributed by atoms with Crippen molar-refractivity contribution in [3.63, 3.8) is 0 Å². The van der Waals surface area contributed by atoms with E-state index in [1.165, 1.54) is 0 Å². The molecule has 4 rings (SSSR count). The zero-order valence-electron chi connectivity index (χ0n) is 17.3. The van der Waals surface area contributed by atoms with Gasteiger partial charge in [-0.3, -0.25) is 4.79 Å². The van der Waals surface area contributed by atoms with Gasteiger partial charge in [-0.15, -0.1) is 0 Å². The van der Waals surface area contributed by atoms with Gasteiger partial charge < -0.3 is 14.8 Å². The van der Waals surface area contributed by atoms with Gasteiger partial charge in [0.15, 0.2) is 0 Å². The van der Waals surface area contributed by atoms with Gasteiger partial charge in [-0.05, 0) is 65.7 Å². The molecule has 4 aromatic carbocycles. The van der Waals surface area contributed by atoms with E-state index < -0.39 is 0 Å². The molecule has 0 spiro atoms. The highest BCUT2D eigenvalue weighted by atomic mass is 79.9. The molecule has 0 saturated carbocycles. The van der Waals surface area contributed by atoms with Crippen molar-refractivity contribution < 1.29 is 14.3 Å². The number of halogens is 1. The fourth-order valence-electron chi connectivity index (χ4n) is 3.10. The Bertz CT molecular complexity index is 1180. The molecule has 0 aliphatic carbocycles. The maximum Gasteiger partial charge on any atom is 0.255 e. The van der Waals surface area contributed by atoms with E-state index in [-0.39, 0.29) is 5.91 Å². The molecule has 1 N–H and O–H groups in total. The van der Waals surface area contributed by atoms with Gasteiger partial charge in [0.1, 0.15) is 24.7 Å². The zero-order chi connectivity index (χ0) is 22.2. The predicted molar refractivity (Wildman–Crippen MR) is 130 cm³/mol. The van der Waals surface area contributed by atoms with Crippen LogP contribution in [0.4, 0.5) is 5.69 Å². The number of rotatable bonds is 8. The van der Waals surface area contributed by atoms with Gasteiger partial charge in [0.2, 0.25) is 0 Å². The minimum atomic E-state index is -0.169. The highest BCUT2D eigenvalue weighted by molar-refractivity contribution is 9.10. The first-order chi connectivity index (χ1) is 15.7. The highest BCUT2D eigenvalue weighted by Gasteiger charge is 2.07. The van der Waals surface area contributed by atoms with Crippen molar-refractivity contribution in [3.8, 4) is 11.5 Å². The van der Waals surface area contributed by atoms with Crippen LogP contribution in [0.2, 0.25) is 0 Å². The van der Waals surface area contributed by atoms with E-state index in [9.17, 15) is 4.79 Å². The minimum Gasteiger partial charge on any atom is -0.489 e. The largest absolute Gasteiger partial charge is 0.489 e. The van der Waals surface area contributed by atoms with Crippen LogP contribution in [-0.2, 0) is 13.2 Å². The molecule has 0 fully saturated rings. The SMILES string of the molecule is O=C(Nc1cccc(Br)c1)c1ccc(OCc2cccc(OCc3ccccc3)c2)cc1. The number of amides is 1. The Kier molecular flexibility index (Phi) is 7.20. The maximum atomic E-state index is 12.4. The third kappa shape index (κ3) is 6.22. The lowest BCUT2D eigenvalue weighted by molar-refractivity contribution is 0.102. The van der Waals surface area contributed by atoms with Crippen molar-refractivity contribution in [2.75, 3.05) is 5.32 Å². The van der Waals surface area contributed by atoms with Gasteiger partial charge in [0.25, 0.3) is 5.91 Å². The van der Waals surface area contributed by atoms with E-state index in [0.717, 1.165) is 27.0 Å². The van der Waals surface area contributed by atoms with E-state index in [2.05, 4.69) is 21.2 Å². The van der Waals surface area contributed by atoms with Crippen LogP contribution in [0.25, 0.3) is 0 Å². The van der Waals surface area contributed by atoms with Crippen LogP contribution in [0.15, 0.2) is 108 Å². The average Bonchev–Trinajstić information content (AvgIpc) is 2.83. The fraction of sp³-hybridized carbons (Fsp3) is 0.0741. The quantitative estimate of drug-likeness (QED) is 0.295. The molecule has 0 unspecified atom stereocenters. The number of benzene rings is 4. The predicted octanol–water partition coefficient (Wildman–Crippen LogP) is 6.86. The summed E-state index contributed by atoms with van der Waals surface area (Å²) in [6, 6.07) is 32.5. The van der Waals surface area contributed by atoms with Crippen molar-refractivity contribution in [1.29, 1.82) is 0 Å². The Hall–Kier alpha value is -3.57. The maximum absolute atomic E-state index is 12.4. The molecular weight excluding hydrogens is 466 g/mol. The molecule has 0 bridgehead atoms. The minimum absolute atomic E-state index is 0.169. The normalized spacial score (nSPS) is 10.4. The van der Waals surface area contributed by atoms with Crippen LogP contribution in [-0.4, -0.2) is 5.91 Å². The van der Waals surface area contributed by atoms with E-state index in [1.807, 2.05) is 78.9 Å². The van der Waals surface area contributed by atoms with E-state index in [4.69, 9.17) is 9.47 Å². The number of hydrogen-bond donors (Lipinski definition) is 1. The number of nitrogens with one attached hydrogen (secondary N) is 1. The molecule has 0 saturated heterocycles. The number of hydrogen-bond acceptors (Lipinski definition) is 3. The number of anilines is 1. The lowest BCUT2D eigenvalue weighted by atomic mass is 10.2. The lowest BCUT2D eigenvalue weighted by Gasteiger charge is -2.10. The Balaban J connectivity index is 1.30. The summed E-state index contributed by atoms with van der Waals surface area (Å²) in [6.45, 7) is 0.931. The first-order valence-corrected chi connectivity index (χ1v) is 11.0. The summed E-state index contributed by atoms with van der Waals surface area (Å²) < 4.78 is 12.7. The summed E-state index contributed by atoms with van der Waals surface area (Å²) in [5, 5.41) is 2.88. The van der Waals surface area contributed by atoms with Crippen LogP contribution in [0.3, 0.4) is 0 Å². The first kappa shape index (κ1) is 21.7. The molecule has 0 aromatic heterocycles. The number of carbonyl (C=O) groups excluding carboxylic acids is 1. The van der Waals surface area contributed by atoms with E-state index in [1.54, 1.807) is 24.3 Å². The smallest absolute Gasteiger partial charge is 0.255 e. The molecule has 0 aliphatic heterocycles. The van der Waals surface area contributed by atoms with Crippen LogP contribution >= 0.6 is 15.9 Å². The Morgan fingerprint density at radius 3 is 2.16 bits per heavy atom. The summed E-state index contributed by atoms with van der Waals surface area (Å²) in [7, 11) is 0. The second-order valence-corrected chi connectivity index (χ2v) is 8.11. The van der Waals surface area contributed by atoms with E-state index in [0.29, 0.717) is 24.5 Å². The molecule has 32 heavy (non-hydrogen) atoms. The summed E-state index contributed by atoms with van der Waals surface area (Å²) in [5.41, 5.74) is 3.43. The van der Waals surface area contributed by atoms with Crippen LogP contribution in [0, 0.1) is 0 Å². The van der Waals surface area contributed by atoms with Crippen molar-refractivity contribution in [3.05, 3.63) is 124 Å². The molecular formula is C27H22BrNO3. The Morgan fingerprint density at radius 1 is 0.688 bits per heavy atom. The van der Waals surface area contributed by atoms with Gasteiger partial charge >= 0.3 is 0 Å². The second-order valence-electron chi connectivity index (χ2n) is 7.20.